The zero-order valence-corrected chi connectivity index (χ0v) is 16.7. The second kappa shape index (κ2) is 8.83. The van der Waals surface area contributed by atoms with Crippen LogP contribution in [0.1, 0.15) is 29.5 Å². The van der Waals surface area contributed by atoms with Gasteiger partial charge in [-0.2, -0.15) is 31.3 Å². The fourth-order valence-corrected chi connectivity index (χ4v) is 3.14. The number of nitrogens with zero attached hydrogens (tertiary/aromatic N) is 2. The first kappa shape index (κ1) is 23.6. The van der Waals surface area contributed by atoms with E-state index in [1.165, 1.54) is 6.07 Å². The number of anilines is 2. The number of hydrogen-bond acceptors (Lipinski definition) is 4. The highest BCUT2D eigenvalue weighted by atomic mass is 19.4. The number of benzene rings is 1. The minimum Gasteiger partial charge on any atom is -0.474 e. The summed E-state index contributed by atoms with van der Waals surface area (Å²) in [6, 6.07) is 4.25. The van der Waals surface area contributed by atoms with E-state index in [1.807, 2.05) is 0 Å². The number of nitrogens with one attached hydrogen (secondary N) is 1. The van der Waals surface area contributed by atoms with Gasteiger partial charge < -0.3 is 15.0 Å². The van der Waals surface area contributed by atoms with Gasteiger partial charge in [-0.05, 0) is 36.2 Å². The summed E-state index contributed by atoms with van der Waals surface area (Å²) in [6.45, 7) is 2.16. The molecule has 1 aromatic carbocycles. The maximum atomic E-state index is 13.9. The van der Waals surface area contributed by atoms with E-state index in [0.717, 1.165) is 6.07 Å². The molecule has 3 rings (SSSR count). The molecule has 2 aromatic rings. The number of pyridine rings is 1. The fraction of sp³-hybridized carbons (Fsp3) is 0.400. The smallest absolute Gasteiger partial charge is 0.419 e. The van der Waals surface area contributed by atoms with Crippen LogP contribution in [-0.2, 0) is 17.5 Å². The number of ether oxygens (including phenoxy) is 1. The lowest BCUT2D eigenvalue weighted by molar-refractivity contribution is -0.142. The predicted molar refractivity (Wildman–Crippen MR) is 101 cm³/mol. The Morgan fingerprint density at radius 2 is 1.91 bits per heavy atom. The molecule has 32 heavy (non-hydrogen) atoms. The Bertz CT molecular complexity index is 1010. The summed E-state index contributed by atoms with van der Waals surface area (Å²) in [5.74, 6) is -2.10. The molecule has 1 aliphatic heterocycles. The largest absolute Gasteiger partial charge is 0.474 e. The molecule has 0 aliphatic carbocycles. The van der Waals surface area contributed by atoms with Crippen molar-refractivity contribution >= 4 is 17.4 Å². The van der Waals surface area contributed by atoms with Crippen LogP contribution in [0.15, 0.2) is 24.3 Å². The molecular weight excluding hydrogens is 447 g/mol. The van der Waals surface area contributed by atoms with Crippen molar-refractivity contribution in [3.05, 3.63) is 46.8 Å². The Labute approximate surface area is 178 Å². The van der Waals surface area contributed by atoms with Crippen LogP contribution in [0.3, 0.4) is 0 Å². The van der Waals surface area contributed by atoms with Gasteiger partial charge in [-0.3, -0.25) is 4.79 Å². The monoisotopic (exact) mass is 465 g/mol. The minimum absolute atomic E-state index is 0.0401. The van der Waals surface area contributed by atoms with Gasteiger partial charge in [-0.15, -0.1) is 0 Å². The lowest BCUT2D eigenvalue weighted by atomic mass is 10.1. The molecule has 1 amide bonds. The van der Waals surface area contributed by atoms with Gasteiger partial charge in [0.25, 0.3) is 0 Å². The van der Waals surface area contributed by atoms with Crippen LogP contribution < -0.4 is 15.0 Å². The summed E-state index contributed by atoms with van der Waals surface area (Å²) < 4.78 is 94.5. The van der Waals surface area contributed by atoms with Crippen LogP contribution in [0.25, 0.3) is 0 Å². The number of aryl methyl sites for hydroxylation is 1. The van der Waals surface area contributed by atoms with Crippen molar-refractivity contribution in [3.8, 4) is 5.88 Å². The molecule has 12 heteroatoms. The van der Waals surface area contributed by atoms with Crippen LogP contribution in [-0.4, -0.2) is 30.2 Å². The summed E-state index contributed by atoms with van der Waals surface area (Å²) in [5, 5.41) is 2.32. The van der Waals surface area contributed by atoms with Gasteiger partial charge in [0.2, 0.25) is 11.8 Å². The third-order valence-corrected chi connectivity index (χ3v) is 4.71. The van der Waals surface area contributed by atoms with Crippen LogP contribution >= 0.6 is 0 Å². The van der Waals surface area contributed by atoms with Crippen LogP contribution in [0, 0.1) is 12.7 Å². The van der Waals surface area contributed by atoms with Crippen molar-refractivity contribution in [2.75, 3.05) is 23.4 Å². The Kier molecular flexibility index (Phi) is 6.51. The molecule has 1 aliphatic rings. The Balaban J connectivity index is 1.77. The van der Waals surface area contributed by atoms with Crippen molar-refractivity contribution in [1.29, 1.82) is 0 Å². The number of carbonyl (C=O) groups is 1. The summed E-state index contributed by atoms with van der Waals surface area (Å²) >= 11 is 0. The molecular formula is C20H18F7N3O2. The van der Waals surface area contributed by atoms with E-state index in [1.54, 1.807) is 17.9 Å². The predicted octanol–water partition coefficient (Wildman–Crippen LogP) is 5.23. The van der Waals surface area contributed by atoms with Gasteiger partial charge in [0.1, 0.15) is 23.9 Å². The molecule has 2 heterocycles. The molecule has 0 unspecified atom stereocenters. The summed E-state index contributed by atoms with van der Waals surface area (Å²) in [6.07, 6.45) is -11.3. The average Bonchev–Trinajstić information content (AvgIpc) is 2.66. The van der Waals surface area contributed by atoms with E-state index >= 15 is 0 Å². The van der Waals surface area contributed by atoms with Crippen LogP contribution in [0.2, 0.25) is 0 Å². The van der Waals surface area contributed by atoms with Crippen molar-refractivity contribution in [3.63, 3.8) is 0 Å². The molecule has 1 N–H and O–H groups in total. The van der Waals surface area contributed by atoms with Crippen molar-refractivity contribution in [1.82, 2.24) is 4.98 Å². The molecule has 174 valence electrons. The SMILES string of the molecule is Cc1cc2c(nc1NC(=O)CCC(F)(F)F)OCCN2Cc1ccc(C(F)(F)F)c(F)c1. The number of aromatic nitrogens is 1. The maximum absolute atomic E-state index is 13.9. The molecule has 0 spiro atoms. The third kappa shape index (κ3) is 5.80. The summed E-state index contributed by atoms with van der Waals surface area (Å²) in [7, 11) is 0. The standard InChI is InChI=1S/C20H18F7N3O2/c1-11-8-15-18(29-17(11)28-16(31)4-5-19(22,23)24)32-7-6-30(15)10-12-2-3-13(14(21)9-12)20(25,26)27/h2-3,8-9H,4-7,10H2,1H3,(H,28,29,31). The molecule has 0 bridgehead atoms. The Hall–Kier alpha value is -3.05. The normalized spacial score (nSPS) is 14.1. The number of halogens is 7. The topological polar surface area (TPSA) is 54.5 Å². The number of carbonyl (C=O) groups excluding carboxylic acids is 1. The number of amides is 1. The zero-order chi connectivity index (χ0) is 23.7. The molecule has 0 saturated carbocycles. The Morgan fingerprint density at radius 1 is 1.19 bits per heavy atom. The zero-order valence-electron chi connectivity index (χ0n) is 16.7. The van der Waals surface area contributed by atoms with E-state index in [9.17, 15) is 35.5 Å². The van der Waals surface area contributed by atoms with E-state index < -0.39 is 42.5 Å². The first-order valence-electron chi connectivity index (χ1n) is 9.45. The van der Waals surface area contributed by atoms with Gasteiger partial charge >= 0.3 is 12.4 Å². The first-order chi connectivity index (χ1) is 14.8. The highest BCUT2D eigenvalue weighted by Gasteiger charge is 2.34. The van der Waals surface area contributed by atoms with Crippen LogP contribution in [0.4, 0.5) is 42.2 Å². The van der Waals surface area contributed by atoms with Gasteiger partial charge in [0.15, 0.2) is 0 Å². The molecule has 5 nitrogen and oxygen atoms in total. The van der Waals surface area contributed by atoms with Crippen molar-refractivity contribution in [2.24, 2.45) is 0 Å². The van der Waals surface area contributed by atoms with E-state index in [0.29, 0.717) is 29.4 Å². The number of hydrogen-bond donors (Lipinski definition) is 1. The second-order valence-corrected chi connectivity index (χ2v) is 7.22. The highest BCUT2D eigenvalue weighted by molar-refractivity contribution is 5.90. The maximum Gasteiger partial charge on any atom is 0.419 e. The lowest BCUT2D eigenvalue weighted by Gasteiger charge is -2.31. The van der Waals surface area contributed by atoms with E-state index in [4.69, 9.17) is 4.74 Å². The van der Waals surface area contributed by atoms with Crippen molar-refractivity contribution in [2.45, 2.75) is 38.7 Å². The van der Waals surface area contributed by atoms with E-state index in [-0.39, 0.29) is 24.8 Å². The average molecular weight is 465 g/mol. The lowest BCUT2D eigenvalue weighted by Crippen LogP contribution is -2.33. The van der Waals surface area contributed by atoms with Gasteiger partial charge in [0, 0.05) is 13.0 Å². The minimum atomic E-state index is -4.80. The quantitative estimate of drug-likeness (QED) is 0.615. The molecule has 0 atom stereocenters. The van der Waals surface area contributed by atoms with Gasteiger partial charge in [-0.1, -0.05) is 6.07 Å². The van der Waals surface area contributed by atoms with Gasteiger partial charge in [0.05, 0.1) is 18.5 Å². The van der Waals surface area contributed by atoms with Crippen molar-refractivity contribution < 1.29 is 40.3 Å². The van der Waals surface area contributed by atoms with Crippen LogP contribution in [0.5, 0.6) is 5.88 Å². The first-order valence-corrected chi connectivity index (χ1v) is 9.45. The second-order valence-electron chi connectivity index (χ2n) is 7.22. The fourth-order valence-electron chi connectivity index (χ4n) is 3.14. The number of alkyl halides is 6. The highest BCUT2D eigenvalue weighted by Crippen LogP contribution is 2.36. The summed E-state index contributed by atoms with van der Waals surface area (Å²) in [5.41, 5.74) is -0.155. The molecule has 0 fully saturated rings. The molecule has 0 radical (unpaired) electrons. The third-order valence-electron chi connectivity index (χ3n) is 4.71. The van der Waals surface area contributed by atoms with Gasteiger partial charge in [-0.25, -0.2) is 4.39 Å². The number of rotatable bonds is 5. The molecule has 1 aromatic heterocycles. The molecule has 0 saturated heterocycles. The summed E-state index contributed by atoms with van der Waals surface area (Å²) in [4.78, 5) is 17.7. The number of fused-ring (bicyclic) bond motifs is 1. The van der Waals surface area contributed by atoms with E-state index in [2.05, 4.69) is 10.3 Å². The Morgan fingerprint density at radius 3 is 2.53 bits per heavy atom.